The minimum Gasteiger partial charge on any atom is -0.271 e. The van der Waals surface area contributed by atoms with Gasteiger partial charge in [-0.3, -0.25) is 14.9 Å². The van der Waals surface area contributed by atoms with Crippen LogP contribution >= 0.6 is 11.6 Å². The number of hydrogen-bond acceptors (Lipinski definition) is 7. The lowest BCUT2D eigenvalue weighted by molar-refractivity contribution is -0.384. The van der Waals surface area contributed by atoms with Crippen LogP contribution in [0.15, 0.2) is 47.6 Å². The van der Waals surface area contributed by atoms with Crippen LogP contribution in [-0.2, 0) is 11.3 Å². The summed E-state index contributed by atoms with van der Waals surface area (Å²) in [7, 11) is 0. The first-order chi connectivity index (χ1) is 13.4. The van der Waals surface area contributed by atoms with Crippen LogP contribution in [0, 0.1) is 15.9 Å². The van der Waals surface area contributed by atoms with Crippen molar-refractivity contribution in [1.29, 1.82) is 0 Å². The molecule has 142 valence electrons. The van der Waals surface area contributed by atoms with E-state index in [9.17, 15) is 19.3 Å². The fraction of sp³-hybridized carbons (Fsp3) is 0.0625. The van der Waals surface area contributed by atoms with E-state index in [-0.39, 0.29) is 23.6 Å². The van der Waals surface area contributed by atoms with Gasteiger partial charge in [0.15, 0.2) is 0 Å². The van der Waals surface area contributed by atoms with Gasteiger partial charge in [-0.2, -0.15) is 9.90 Å². The smallest absolute Gasteiger partial charge is 0.270 e. The van der Waals surface area contributed by atoms with Crippen LogP contribution in [0.3, 0.4) is 0 Å². The first-order valence-corrected chi connectivity index (χ1v) is 8.10. The lowest BCUT2D eigenvalue weighted by atomic mass is 10.2. The van der Waals surface area contributed by atoms with E-state index in [4.69, 9.17) is 11.6 Å². The second-order valence-electron chi connectivity index (χ2n) is 5.38. The molecule has 10 nitrogen and oxygen atoms in total. The maximum absolute atomic E-state index is 13.6. The molecular weight excluding hydrogens is 393 g/mol. The minimum atomic E-state index is -0.717. The molecule has 0 unspecified atom stereocenters. The highest BCUT2D eigenvalue weighted by molar-refractivity contribution is 6.33. The van der Waals surface area contributed by atoms with Gasteiger partial charge in [0.1, 0.15) is 12.4 Å². The van der Waals surface area contributed by atoms with Gasteiger partial charge in [-0.05, 0) is 23.4 Å². The largest absolute Gasteiger partial charge is 0.271 e. The average molecular weight is 404 g/mol. The van der Waals surface area contributed by atoms with E-state index >= 15 is 0 Å². The Morgan fingerprint density at radius 1 is 1.36 bits per heavy atom. The summed E-state index contributed by atoms with van der Waals surface area (Å²) in [6, 6.07) is 9.87. The van der Waals surface area contributed by atoms with Gasteiger partial charge in [-0.15, -0.1) is 10.2 Å². The molecule has 1 amide bonds. The minimum absolute atomic E-state index is 0.144. The number of non-ortho nitro benzene ring substituents is 1. The topological polar surface area (TPSA) is 128 Å². The molecule has 1 N–H and O–H groups in total. The fourth-order valence-electron chi connectivity index (χ4n) is 2.14. The van der Waals surface area contributed by atoms with Gasteiger partial charge in [0.05, 0.1) is 16.2 Å². The molecule has 0 bridgehead atoms. The number of amides is 1. The van der Waals surface area contributed by atoms with E-state index < -0.39 is 16.6 Å². The number of carbonyl (C=O) groups is 1. The Kier molecular flexibility index (Phi) is 5.65. The average Bonchev–Trinajstić information content (AvgIpc) is 3.11. The highest BCUT2D eigenvalue weighted by atomic mass is 35.5. The number of nitrogens with one attached hydrogen (secondary N) is 1. The molecular formula is C16H11ClFN7O3. The summed E-state index contributed by atoms with van der Waals surface area (Å²) in [4.78, 5) is 23.0. The van der Waals surface area contributed by atoms with Crippen molar-refractivity contribution in [2.24, 2.45) is 5.10 Å². The fourth-order valence-corrected chi connectivity index (χ4v) is 2.36. The Hall–Kier alpha value is -3.73. The summed E-state index contributed by atoms with van der Waals surface area (Å²) >= 11 is 6.06. The predicted octanol–water partition coefficient (Wildman–Crippen LogP) is 2.19. The monoisotopic (exact) mass is 403 g/mol. The van der Waals surface area contributed by atoms with Crippen molar-refractivity contribution in [3.63, 3.8) is 0 Å². The zero-order valence-electron chi connectivity index (χ0n) is 14.0. The summed E-state index contributed by atoms with van der Waals surface area (Å²) in [5.74, 6) is -1.07. The lowest BCUT2D eigenvalue weighted by Crippen LogP contribution is -2.24. The second kappa shape index (κ2) is 8.31. The molecule has 0 radical (unpaired) electrons. The number of nitrogens with zero attached hydrogens (tertiary/aromatic N) is 6. The summed E-state index contributed by atoms with van der Waals surface area (Å²) in [6.45, 7) is -0.299. The van der Waals surface area contributed by atoms with Crippen LogP contribution in [0.1, 0.15) is 5.56 Å². The SMILES string of the molecule is O=C(Cn1nnc(-c2ccccc2Cl)n1)N/N=C\c1cc([N+](=O)[O-])ccc1F. The van der Waals surface area contributed by atoms with E-state index in [0.29, 0.717) is 10.6 Å². The number of nitro benzene ring substituents is 1. The molecule has 0 saturated heterocycles. The number of benzene rings is 2. The zero-order chi connectivity index (χ0) is 20.1. The highest BCUT2D eigenvalue weighted by Gasteiger charge is 2.12. The van der Waals surface area contributed by atoms with Crippen LogP contribution in [0.25, 0.3) is 11.4 Å². The molecule has 1 heterocycles. The molecule has 0 saturated carbocycles. The molecule has 1 aromatic heterocycles. The highest BCUT2D eigenvalue weighted by Crippen LogP contribution is 2.23. The van der Waals surface area contributed by atoms with E-state index in [0.717, 1.165) is 29.2 Å². The molecule has 12 heteroatoms. The Bertz CT molecular complexity index is 1070. The third-order valence-electron chi connectivity index (χ3n) is 3.44. The molecule has 3 aromatic rings. The van der Waals surface area contributed by atoms with Crippen LogP contribution in [0.4, 0.5) is 10.1 Å². The van der Waals surface area contributed by atoms with Crippen LogP contribution in [-0.4, -0.2) is 37.3 Å². The maximum atomic E-state index is 13.6. The number of nitro groups is 1. The molecule has 0 atom stereocenters. The summed E-state index contributed by atoms with van der Waals surface area (Å²) in [5.41, 5.74) is 2.28. The summed E-state index contributed by atoms with van der Waals surface area (Å²) in [6.07, 6.45) is 0.962. The predicted molar refractivity (Wildman–Crippen MR) is 97.1 cm³/mol. The van der Waals surface area contributed by atoms with E-state index in [1.165, 1.54) is 0 Å². The van der Waals surface area contributed by atoms with Crippen molar-refractivity contribution in [3.05, 3.63) is 69.0 Å². The van der Waals surface area contributed by atoms with Gasteiger partial charge >= 0.3 is 0 Å². The van der Waals surface area contributed by atoms with Gasteiger partial charge in [-0.1, -0.05) is 23.7 Å². The third kappa shape index (κ3) is 4.51. The molecule has 2 aromatic carbocycles. The zero-order valence-corrected chi connectivity index (χ0v) is 14.7. The number of halogens is 2. The van der Waals surface area contributed by atoms with Crippen LogP contribution in [0.2, 0.25) is 5.02 Å². The Morgan fingerprint density at radius 2 is 2.14 bits per heavy atom. The van der Waals surface area contributed by atoms with Crippen molar-refractivity contribution in [3.8, 4) is 11.4 Å². The lowest BCUT2D eigenvalue weighted by Gasteiger charge is -1.99. The molecule has 0 aliphatic heterocycles. The second-order valence-corrected chi connectivity index (χ2v) is 5.79. The van der Waals surface area contributed by atoms with Gasteiger partial charge in [-0.25, -0.2) is 9.82 Å². The summed E-state index contributed by atoms with van der Waals surface area (Å²) < 4.78 is 13.6. The number of hydrazone groups is 1. The molecule has 0 spiro atoms. The van der Waals surface area contributed by atoms with Gasteiger partial charge in [0.2, 0.25) is 5.82 Å². The van der Waals surface area contributed by atoms with E-state index in [1.54, 1.807) is 24.3 Å². The van der Waals surface area contributed by atoms with E-state index in [2.05, 4.69) is 25.9 Å². The van der Waals surface area contributed by atoms with Crippen molar-refractivity contribution in [1.82, 2.24) is 25.6 Å². The number of carbonyl (C=O) groups excluding carboxylic acids is 1. The molecule has 3 rings (SSSR count). The van der Waals surface area contributed by atoms with Crippen LogP contribution < -0.4 is 5.43 Å². The van der Waals surface area contributed by atoms with Gasteiger partial charge in [0.25, 0.3) is 11.6 Å². The molecule has 28 heavy (non-hydrogen) atoms. The van der Waals surface area contributed by atoms with Crippen LogP contribution in [0.5, 0.6) is 0 Å². The standard InChI is InChI=1S/C16H11ClFN7O3/c17-13-4-2-1-3-12(13)16-21-23-24(22-16)9-15(26)20-19-8-10-7-11(25(27)28)5-6-14(10)18/h1-8H,9H2,(H,20,26)/b19-8-. The van der Waals surface area contributed by atoms with Crippen molar-refractivity contribution < 1.29 is 14.1 Å². The first kappa shape index (κ1) is 19.0. The van der Waals surface area contributed by atoms with Crippen molar-refractivity contribution in [2.75, 3.05) is 0 Å². The Morgan fingerprint density at radius 3 is 2.89 bits per heavy atom. The van der Waals surface area contributed by atoms with Crippen molar-refractivity contribution in [2.45, 2.75) is 6.54 Å². The van der Waals surface area contributed by atoms with E-state index in [1.807, 2.05) is 0 Å². The molecule has 0 aliphatic carbocycles. The summed E-state index contributed by atoms with van der Waals surface area (Å²) in [5, 5.41) is 26.4. The number of tetrazole rings is 1. The van der Waals surface area contributed by atoms with Gasteiger partial charge < -0.3 is 0 Å². The number of aromatic nitrogens is 4. The number of hydrogen-bond donors (Lipinski definition) is 1. The number of rotatable bonds is 6. The van der Waals surface area contributed by atoms with Crippen molar-refractivity contribution >= 4 is 29.4 Å². The third-order valence-corrected chi connectivity index (χ3v) is 3.77. The Labute approximate surface area is 161 Å². The van der Waals surface area contributed by atoms with Gasteiger partial charge in [0, 0.05) is 23.3 Å². The quantitative estimate of drug-likeness (QED) is 0.381. The Balaban J connectivity index is 1.62. The maximum Gasteiger partial charge on any atom is 0.270 e. The first-order valence-electron chi connectivity index (χ1n) is 7.72. The normalized spacial score (nSPS) is 10.9. The molecule has 0 fully saturated rings. The molecule has 0 aliphatic rings.